The van der Waals surface area contributed by atoms with E-state index >= 15 is 0 Å². The second kappa shape index (κ2) is 10.1. The maximum absolute atomic E-state index is 14.5. The first kappa shape index (κ1) is 22.3. The number of hydrogen-bond acceptors (Lipinski definition) is 0. The monoisotopic (exact) mass is 426 g/mol. The summed E-state index contributed by atoms with van der Waals surface area (Å²) in [6.45, 7) is 3.70. The van der Waals surface area contributed by atoms with Crippen LogP contribution in [0.15, 0.2) is 61.2 Å². The summed E-state index contributed by atoms with van der Waals surface area (Å²) in [6.07, 6.45) is 5.97. The van der Waals surface area contributed by atoms with Gasteiger partial charge in [-0.25, -0.2) is 22.0 Å². The number of halogens is 5. The summed E-state index contributed by atoms with van der Waals surface area (Å²) < 4.78 is 68.9. The van der Waals surface area contributed by atoms with Gasteiger partial charge < -0.3 is 0 Å². The Morgan fingerprint density at radius 1 is 0.710 bits per heavy atom. The van der Waals surface area contributed by atoms with Crippen LogP contribution >= 0.6 is 0 Å². The second-order valence-electron chi connectivity index (χ2n) is 7.05. The number of unbranched alkanes of at least 4 members (excludes halogenated alkanes) is 2. The van der Waals surface area contributed by atoms with Crippen LogP contribution in [0, 0.1) is 40.9 Å². The molecule has 0 spiro atoms. The third kappa shape index (κ3) is 5.61. The Morgan fingerprint density at radius 3 is 1.87 bits per heavy atom. The molecule has 0 radical (unpaired) electrons. The number of hydrogen-bond donors (Lipinski definition) is 0. The van der Waals surface area contributed by atoms with Gasteiger partial charge in [-0.3, -0.25) is 0 Å². The number of rotatable bonds is 6. The quantitative estimate of drug-likeness (QED) is 0.127. The summed E-state index contributed by atoms with van der Waals surface area (Å²) in [4.78, 5) is 0. The lowest BCUT2D eigenvalue weighted by Gasteiger charge is -2.07. The molecule has 0 aliphatic carbocycles. The third-order valence-corrected chi connectivity index (χ3v) is 4.74. The Kier molecular flexibility index (Phi) is 7.25. The molecule has 0 atom stereocenters. The SMILES string of the molecule is C=CCCCCc1ccc(C#Cc2cc(F)c(-c3cc(F)c(F)c(F)c3)c(F)c2)cc1. The van der Waals surface area contributed by atoms with Gasteiger partial charge in [0.2, 0.25) is 0 Å². The van der Waals surface area contributed by atoms with E-state index in [0.717, 1.165) is 37.8 Å². The molecule has 0 fully saturated rings. The Balaban J connectivity index is 1.79. The molecule has 5 heteroatoms. The van der Waals surface area contributed by atoms with Gasteiger partial charge in [0, 0.05) is 11.1 Å². The summed E-state index contributed by atoms with van der Waals surface area (Å²) in [6, 6.07) is 10.6. The Hall–Kier alpha value is -3.39. The molecule has 0 saturated carbocycles. The molecule has 0 aliphatic heterocycles. The van der Waals surface area contributed by atoms with Gasteiger partial charge in [-0.2, -0.15) is 0 Å². The van der Waals surface area contributed by atoms with Crippen molar-refractivity contribution in [1.82, 2.24) is 0 Å². The van der Waals surface area contributed by atoms with E-state index in [1.165, 1.54) is 5.56 Å². The van der Waals surface area contributed by atoms with E-state index in [9.17, 15) is 22.0 Å². The van der Waals surface area contributed by atoms with Crippen molar-refractivity contribution in [3.63, 3.8) is 0 Å². The van der Waals surface area contributed by atoms with E-state index in [1.807, 2.05) is 30.3 Å². The topological polar surface area (TPSA) is 0 Å². The molecular formula is C26H19F5. The fourth-order valence-corrected chi connectivity index (χ4v) is 3.14. The smallest absolute Gasteiger partial charge is 0.194 e. The van der Waals surface area contributed by atoms with E-state index in [1.54, 1.807) is 0 Å². The predicted molar refractivity (Wildman–Crippen MR) is 112 cm³/mol. The molecule has 0 nitrogen and oxygen atoms in total. The molecule has 3 aromatic rings. The minimum atomic E-state index is -1.70. The lowest BCUT2D eigenvalue weighted by molar-refractivity contribution is 0.447. The van der Waals surface area contributed by atoms with Gasteiger partial charge in [0.25, 0.3) is 0 Å². The highest BCUT2D eigenvalue weighted by Crippen LogP contribution is 2.29. The molecule has 0 unspecified atom stereocenters. The summed E-state index contributed by atoms with van der Waals surface area (Å²) in [7, 11) is 0. The van der Waals surface area contributed by atoms with Crippen LogP contribution in [0.1, 0.15) is 36.0 Å². The molecule has 31 heavy (non-hydrogen) atoms. The van der Waals surface area contributed by atoms with Crippen molar-refractivity contribution in [1.29, 1.82) is 0 Å². The summed E-state index contributed by atoms with van der Waals surface area (Å²) in [5, 5.41) is 0. The van der Waals surface area contributed by atoms with Crippen LogP contribution in [0.25, 0.3) is 11.1 Å². The van der Waals surface area contributed by atoms with Crippen molar-refractivity contribution >= 4 is 0 Å². The molecule has 3 rings (SSSR count). The van der Waals surface area contributed by atoms with Crippen LogP contribution < -0.4 is 0 Å². The molecule has 0 bridgehead atoms. The summed E-state index contributed by atoms with van der Waals surface area (Å²) >= 11 is 0. The van der Waals surface area contributed by atoms with Crippen LogP contribution in [0.3, 0.4) is 0 Å². The molecular weight excluding hydrogens is 407 g/mol. The van der Waals surface area contributed by atoms with Gasteiger partial charge in [0.15, 0.2) is 17.5 Å². The van der Waals surface area contributed by atoms with Crippen LogP contribution in [0.5, 0.6) is 0 Å². The minimum Gasteiger partial charge on any atom is -0.206 e. The van der Waals surface area contributed by atoms with Crippen molar-refractivity contribution in [3.05, 3.63) is 107 Å². The van der Waals surface area contributed by atoms with E-state index in [4.69, 9.17) is 0 Å². The van der Waals surface area contributed by atoms with Crippen LogP contribution in [-0.4, -0.2) is 0 Å². The highest BCUT2D eigenvalue weighted by Gasteiger charge is 2.18. The maximum atomic E-state index is 14.5. The van der Waals surface area contributed by atoms with Crippen LogP contribution in [-0.2, 0) is 6.42 Å². The highest BCUT2D eigenvalue weighted by atomic mass is 19.2. The zero-order valence-electron chi connectivity index (χ0n) is 16.6. The Bertz CT molecular complexity index is 1100. The van der Waals surface area contributed by atoms with E-state index in [0.29, 0.717) is 17.7 Å². The van der Waals surface area contributed by atoms with Crippen molar-refractivity contribution in [3.8, 4) is 23.0 Å². The molecule has 158 valence electrons. The average molecular weight is 426 g/mol. The molecule has 3 aromatic carbocycles. The largest absolute Gasteiger partial charge is 0.206 e. The van der Waals surface area contributed by atoms with Crippen molar-refractivity contribution in [2.24, 2.45) is 0 Å². The van der Waals surface area contributed by atoms with Crippen molar-refractivity contribution in [2.45, 2.75) is 25.7 Å². The first-order valence-corrected chi connectivity index (χ1v) is 9.75. The zero-order valence-corrected chi connectivity index (χ0v) is 16.6. The molecule has 0 heterocycles. The van der Waals surface area contributed by atoms with E-state index in [-0.39, 0.29) is 5.56 Å². The first-order chi connectivity index (χ1) is 14.9. The zero-order chi connectivity index (χ0) is 22.4. The van der Waals surface area contributed by atoms with Gasteiger partial charge in [0.1, 0.15) is 11.6 Å². The maximum Gasteiger partial charge on any atom is 0.194 e. The van der Waals surface area contributed by atoms with Gasteiger partial charge in [0.05, 0.1) is 5.56 Å². The number of aryl methyl sites for hydroxylation is 1. The van der Waals surface area contributed by atoms with Gasteiger partial charge in [-0.05, 0) is 73.2 Å². The minimum absolute atomic E-state index is 0.0651. The Morgan fingerprint density at radius 2 is 1.29 bits per heavy atom. The fraction of sp³-hybridized carbons (Fsp3) is 0.154. The van der Waals surface area contributed by atoms with Gasteiger partial charge >= 0.3 is 0 Å². The molecule has 0 amide bonds. The van der Waals surface area contributed by atoms with Crippen LogP contribution in [0.2, 0.25) is 0 Å². The molecule has 0 saturated heterocycles. The average Bonchev–Trinajstić information content (AvgIpc) is 2.74. The normalized spacial score (nSPS) is 10.5. The van der Waals surface area contributed by atoms with Gasteiger partial charge in [-0.1, -0.05) is 30.0 Å². The lowest BCUT2D eigenvalue weighted by atomic mass is 10.0. The molecule has 0 aromatic heterocycles. The fourth-order valence-electron chi connectivity index (χ4n) is 3.14. The van der Waals surface area contributed by atoms with E-state index in [2.05, 4.69) is 18.4 Å². The van der Waals surface area contributed by atoms with Crippen molar-refractivity contribution < 1.29 is 22.0 Å². The number of allylic oxidation sites excluding steroid dienone is 1. The lowest BCUT2D eigenvalue weighted by Crippen LogP contribution is -1.97. The number of benzene rings is 3. The van der Waals surface area contributed by atoms with E-state index < -0.39 is 40.2 Å². The van der Waals surface area contributed by atoms with Crippen LogP contribution in [0.4, 0.5) is 22.0 Å². The van der Waals surface area contributed by atoms with Gasteiger partial charge in [-0.15, -0.1) is 6.58 Å². The second-order valence-corrected chi connectivity index (χ2v) is 7.05. The summed E-state index contributed by atoms with van der Waals surface area (Å²) in [5.74, 6) is -1.33. The standard InChI is InChI=1S/C26H19F5/c1-2-3-4-5-6-17-7-9-18(10-8-17)11-12-19-13-21(27)25(22(28)14-19)20-15-23(29)26(31)24(30)16-20/h2,7-10,13-16H,1,3-6H2. The molecule has 0 aliphatic rings. The first-order valence-electron chi connectivity index (χ1n) is 9.75. The third-order valence-electron chi connectivity index (χ3n) is 4.74. The van der Waals surface area contributed by atoms with Crippen molar-refractivity contribution in [2.75, 3.05) is 0 Å². The summed E-state index contributed by atoms with van der Waals surface area (Å²) in [5.41, 5.74) is 0.839. The Labute approximate surface area is 178 Å². The highest BCUT2D eigenvalue weighted by molar-refractivity contribution is 5.66. The molecule has 0 N–H and O–H groups in total. The predicted octanol–water partition coefficient (Wildman–Crippen LogP) is 7.35.